The van der Waals surface area contributed by atoms with Crippen molar-refractivity contribution >= 4 is 36.3 Å². The Labute approximate surface area is 91.3 Å². The summed E-state index contributed by atoms with van der Waals surface area (Å²) in [4.78, 5) is 0. The minimum absolute atomic E-state index is 0.140. The topological polar surface area (TPSA) is 0 Å². The third kappa shape index (κ3) is 4.95. The predicted molar refractivity (Wildman–Crippen MR) is 48.2 cm³/mol. The van der Waals surface area contributed by atoms with Crippen LogP contribution in [0.15, 0.2) is 12.1 Å². The molecule has 0 aromatic heterocycles. The summed E-state index contributed by atoms with van der Waals surface area (Å²) in [6, 6.07) is 1.18. The van der Waals surface area contributed by atoms with Crippen LogP contribution >= 0.6 is 18.1 Å². The van der Waals surface area contributed by atoms with Gasteiger partial charge in [0.15, 0.2) is 11.6 Å². The highest BCUT2D eigenvalue weighted by atomic mass is 35.6. The summed E-state index contributed by atoms with van der Waals surface area (Å²) in [6.45, 7) is 3.14. The summed E-state index contributed by atoms with van der Waals surface area (Å²) in [5.41, 5.74) is -0.140. The van der Waals surface area contributed by atoms with Crippen LogP contribution in [-0.4, -0.2) is 18.2 Å². The monoisotopic (exact) mass is 239 g/mol. The quantitative estimate of drug-likeness (QED) is 0.482. The zero-order chi connectivity index (χ0) is 10.4. The van der Waals surface area contributed by atoms with E-state index in [0.717, 1.165) is 0 Å². The van der Waals surface area contributed by atoms with Crippen molar-refractivity contribution in [3.8, 4) is 0 Å². The van der Waals surface area contributed by atoms with Gasteiger partial charge in [0.1, 0.15) is 5.82 Å². The van der Waals surface area contributed by atoms with Crippen molar-refractivity contribution in [2.24, 2.45) is 0 Å². The lowest BCUT2D eigenvalue weighted by molar-refractivity contribution is 0.493. The highest BCUT2D eigenvalue weighted by Crippen LogP contribution is 2.11. The van der Waals surface area contributed by atoms with E-state index in [0.29, 0.717) is 12.1 Å². The minimum Gasteiger partial charge on any atom is -0.309 e. The van der Waals surface area contributed by atoms with Gasteiger partial charge in [-0.05, 0) is 18.6 Å². The number of hydrogen-bond donors (Lipinski definition) is 0. The molecule has 0 bridgehead atoms. The number of benzene rings is 1. The second-order valence-corrected chi connectivity index (χ2v) is 4.59. The van der Waals surface area contributed by atoms with E-state index in [4.69, 9.17) is 18.1 Å². The minimum atomic E-state index is -1.19. The highest BCUT2D eigenvalue weighted by molar-refractivity contribution is 7.22. The number of rotatable bonds is 0. The van der Waals surface area contributed by atoms with E-state index in [9.17, 15) is 13.2 Å². The Bertz CT molecular complexity index is 230. The van der Waals surface area contributed by atoms with Crippen LogP contribution in [0.3, 0.4) is 0 Å². The Kier molecular flexibility index (Phi) is 6.94. The van der Waals surface area contributed by atoms with E-state index in [2.05, 4.69) is 6.92 Å². The van der Waals surface area contributed by atoms with Crippen molar-refractivity contribution in [3.63, 3.8) is 0 Å². The van der Waals surface area contributed by atoms with Crippen LogP contribution in [0.2, 0.25) is 0 Å². The third-order valence-electron chi connectivity index (χ3n) is 1.09. The molecule has 1 rings (SSSR count). The lowest BCUT2D eigenvalue weighted by atomic mass is 10.2. The first-order chi connectivity index (χ1) is 6.02. The van der Waals surface area contributed by atoms with Gasteiger partial charge >= 0.3 is 18.2 Å². The molecule has 69 valence electrons. The highest BCUT2D eigenvalue weighted by Gasteiger charge is 2.04. The maximum atomic E-state index is 12.3. The molecule has 0 aliphatic rings. The summed E-state index contributed by atoms with van der Waals surface area (Å²) in [5.74, 6) is -3.10. The van der Waals surface area contributed by atoms with Crippen LogP contribution < -0.4 is 0 Å². The predicted octanol–water partition coefficient (Wildman–Crippen LogP) is 3.28. The molecule has 0 spiro atoms. The molecule has 0 nitrogen and oxygen atoms in total. The molecule has 0 atom stereocenters. The molecule has 0 fully saturated rings. The van der Waals surface area contributed by atoms with Crippen LogP contribution in [0.25, 0.3) is 0 Å². The van der Waals surface area contributed by atoms with Crippen molar-refractivity contribution in [2.75, 3.05) is 0 Å². The van der Waals surface area contributed by atoms with Gasteiger partial charge in [0, 0.05) is 6.07 Å². The SMILES string of the molecule is [CH2]c1cc(F)c(F)cc1F.[Cl][Mg][Cl]. The van der Waals surface area contributed by atoms with Crippen LogP contribution in [0.1, 0.15) is 5.56 Å². The molecule has 0 saturated heterocycles. The van der Waals surface area contributed by atoms with Crippen LogP contribution in [0.5, 0.6) is 0 Å². The van der Waals surface area contributed by atoms with Gasteiger partial charge < -0.3 is 18.1 Å². The molecule has 6 heteroatoms. The molecule has 0 amide bonds. The van der Waals surface area contributed by atoms with Gasteiger partial charge in [-0.25, -0.2) is 13.2 Å². The molecule has 0 N–H and O–H groups in total. The Balaban J connectivity index is 0.000000424. The number of hydrogen-bond acceptors (Lipinski definition) is 0. The standard InChI is InChI=1S/C7H4F3.2ClH.Mg/c1-4-2-6(9)7(10)3-5(4)8;;;/h2-3H,1H2;2*1H;/q;;;+2/p-2. The van der Waals surface area contributed by atoms with Gasteiger partial charge in [-0.1, -0.05) is 0 Å². The van der Waals surface area contributed by atoms with Crippen molar-refractivity contribution < 1.29 is 13.2 Å². The van der Waals surface area contributed by atoms with Gasteiger partial charge in [-0.3, -0.25) is 0 Å². The summed E-state index contributed by atoms with van der Waals surface area (Å²) >= 11 is -0.639. The summed E-state index contributed by atoms with van der Waals surface area (Å²) < 4.78 is 36.6. The first-order valence-electron chi connectivity index (χ1n) is 3.11. The molecule has 13 heavy (non-hydrogen) atoms. The second-order valence-electron chi connectivity index (χ2n) is 1.96. The van der Waals surface area contributed by atoms with E-state index < -0.39 is 35.6 Å². The van der Waals surface area contributed by atoms with Crippen molar-refractivity contribution in [1.82, 2.24) is 0 Å². The average molecular weight is 240 g/mol. The average Bonchev–Trinajstić information content (AvgIpc) is 2.03. The van der Waals surface area contributed by atoms with E-state index >= 15 is 0 Å². The first kappa shape index (κ1) is 13.4. The van der Waals surface area contributed by atoms with E-state index in [1.807, 2.05) is 0 Å². The molecule has 0 aliphatic carbocycles. The largest absolute Gasteiger partial charge is 0.618 e. The lowest BCUT2D eigenvalue weighted by Gasteiger charge is -1.95. The summed E-state index contributed by atoms with van der Waals surface area (Å²) in [7, 11) is 9.81. The zero-order valence-corrected chi connectivity index (χ0v) is 9.38. The van der Waals surface area contributed by atoms with Crippen LogP contribution in [-0.2, 0) is 0 Å². The molecule has 0 unspecified atom stereocenters. The Morgan fingerprint density at radius 1 is 1.00 bits per heavy atom. The molecular weight excluding hydrogens is 236 g/mol. The fourth-order valence-electron chi connectivity index (χ4n) is 0.564. The normalized spacial score (nSPS) is 8.46. The Morgan fingerprint density at radius 2 is 1.38 bits per heavy atom. The number of halogens is 5. The molecule has 0 saturated carbocycles. The summed E-state index contributed by atoms with van der Waals surface area (Å²) in [6.07, 6.45) is 0. The van der Waals surface area contributed by atoms with Crippen molar-refractivity contribution in [3.05, 3.63) is 42.1 Å². The summed E-state index contributed by atoms with van der Waals surface area (Å²) in [5, 5.41) is 0. The van der Waals surface area contributed by atoms with Crippen LogP contribution in [0, 0.1) is 24.4 Å². The van der Waals surface area contributed by atoms with Gasteiger partial charge in [0.05, 0.1) is 0 Å². The molecule has 0 aliphatic heterocycles. The Hall–Kier alpha value is 0.356. The van der Waals surface area contributed by atoms with Crippen LogP contribution in [0.4, 0.5) is 13.2 Å². The van der Waals surface area contributed by atoms with E-state index in [1.54, 1.807) is 0 Å². The molecule has 1 aromatic rings. The fourth-order valence-corrected chi connectivity index (χ4v) is 0.564. The molecule has 1 radical (unpaired) electrons. The lowest BCUT2D eigenvalue weighted by Crippen LogP contribution is -1.89. The van der Waals surface area contributed by atoms with Gasteiger partial charge in [-0.2, -0.15) is 0 Å². The van der Waals surface area contributed by atoms with E-state index in [1.165, 1.54) is 0 Å². The first-order valence-corrected chi connectivity index (χ1v) is 7.39. The third-order valence-corrected chi connectivity index (χ3v) is 1.09. The van der Waals surface area contributed by atoms with Gasteiger partial charge in [0.2, 0.25) is 0 Å². The zero-order valence-electron chi connectivity index (χ0n) is 6.46. The Morgan fingerprint density at radius 3 is 1.77 bits per heavy atom. The van der Waals surface area contributed by atoms with E-state index in [-0.39, 0.29) is 5.56 Å². The molecule has 1 aromatic carbocycles. The van der Waals surface area contributed by atoms with Crippen molar-refractivity contribution in [1.29, 1.82) is 0 Å². The maximum absolute atomic E-state index is 12.3. The second kappa shape index (κ2) is 6.76. The van der Waals surface area contributed by atoms with Gasteiger partial charge in [0.25, 0.3) is 0 Å². The van der Waals surface area contributed by atoms with Crippen molar-refractivity contribution in [2.45, 2.75) is 0 Å². The molecule has 0 heterocycles. The smallest absolute Gasteiger partial charge is 0.309 e. The fraction of sp³-hybridized carbons (Fsp3) is 0. The van der Waals surface area contributed by atoms with Gasteiger partial charge in [-0.15, -0.1) is 0 Å². The maximum Gasteiger partial charge on any atom is 0.618 e. The molecular formula is C7H4Cl2F3Mg.